The highest BCUT2D eigenvalue weighted by molar-refractivity contribution is 5.79. The van der Waals surface area contributed by atoms with Gasteiger partial charge in [-0.05, 0) is 52.1 Å². The normalized spacial score (nSPS) is 23.1. The summed E-state index contributed by atoms with van der Waals surface area (Å²) in [6.45, 7) is 8.86. The molecule has 0 aromatic rings. The quantitative estimate of drug-likeness (QED) is 0.609. The van der Waals surface area contributed by atoms with Gasteiger partial charge in [-0.2, -0.15) is 0 Å². The molecule has 0 spiro atoms. The van der Waals surface area contributed by atoms with Crippen molar-refractivity contribution in [3.63, 3.8) is 0 Å². The predicted molar refractivity (Wildman–Crippen MR) is 108 cm³/mol. The topological polar surface area (TPSA) is 52.7 Å². The van der Waals surface area contributed by atoms with E-state index in [1.165, 1.54) is 12.8 Å². The van der Waals surface area contributed by atoms with Gasteiger partial charge in [-0.1, -0.05) is 33.6 Å². The first-order valence-corrected chi connectivity index (χ1v) is 10.6. The highest BCUT2D eigenvalue weighted by Crippen LogP contribution is 2.35. The fourth-order valence-electron chi connectivity index (χ4n) is 4.17. The minimum atomic E-state index is 0.0785. The average molecular weight is 368 g/mol. The standard InChI is InChI=1S/C21H41N3O2/c1-6-14-24(15-7-2)20(26)12-8-11-19(25)22-17-21(23(4)5)13-9-10-18(3)16-21/h18H,6-17H2,1-5H3,(H,22,25). The van der Waals surface area contributed by atoms with Crippen LogP contribution in [0.4, 0.5) is 0 Å². The van der Waals surface area contributed by atoms with Gasteiger partial charge < -0.3 is 15.1 Å². The minimum absolute atomic E-state index is 0.0785. The number of rotatable bonds is 11. The van der Waals surface area contributed by atoms with Gasteiger partial charge in [-0.15, -0.1) is 0 Å². The van der Waals surface area contributed by atoms with Gasteiger partial charge in [0.15, 0.2) is 0 Å². The van der Waals surface area contributed by atoms with E-state index in [1.54, 1.807) is 0 Å². The second kappa shape index (κ2) is 11.6. The maximum atomic E-state index is 12.3. The van der Waals surface area contributed by atoms with Crippen molar-refractivity contribution >= 4 is 11.8 Å². The zero-order valence-electron chi connectivity index (χ0n) is 17.8. The number of carbonyl (C=O) groups excluding carboxylic acids is 2. The maximum absolute atomic E-state index is 12.3. The van der Waals surface area contributed by atoms with Crippen LogP contribution in [-0.4, -0.2) is 60.9 Å². The van der Waals surface area contributed by atoms with Gasteiger partial charge in [0.2, 0.25) is 11.8 Å². The molecule has 2 atom stereocenters. The van der Waals surface area contributed by atoms with E-state index >= 15 is 0 Å². The molecular weight excluding hydrogens is 326 g/mol. The summed E-state index contributed by atoms with van der Waals surface area (Å²) < 4.78 is 0. The van der Waals surface area contributed by atoms with Gasteiger partial charge in [0, 0.05) is 38.0 Å². The molecule has 2 unspecified atom stereocenters. The lowest BCUT2D eigenvalue weighted by Crippen LogP contribution is -2.55. The van der Waals surface area contributed by atoms with E-state index < -0.39 is 0 Å². The van der Waals surface area contributed by atoms with Gasteiger partial charge in [0.25, 0.3) is 0 Å². The van der Waals surface area contributed by atoms with Crippen LogP contribution in [0.25, 0.3) is 0 Å². The molecule has 0 aromatic heterocycles. The molecular formula is C21H41N3O2. The molecule has 26 heavy (non-hydrogen) atoms. The van der Waals surface area contributed by atoms with Crippen LogP contribution in [0.1, 0.15) is 78.6 Å². The average Bonchev–Trinajstić information content (AvgIpc) is 2.59. The maximum Gasteiger partial charge on any atom is 0.222 e. The van der Waals surface area contributed by atoms with Crippen LogP contribution in [0.15, 0.2) is 0 Å². The van der Waals surface area contributed by atoms with Crippen molar-refractivity contribution in [3.8, 4) is 0 Å². The Bertz CT molecular complexity index is 433. The molecule has 0 saturated heterocycles. The molecule has 1 N–H and O–H groups in total. The van der Waals surface area contributed by atoms with E-state index in [9.17, 15) is 9.59 Å². The van der Waals surface area contributed by atoms with Crippen molar-refractivity contribution in [1.29, 1.82) is 0 Å². The van der Waals surface area contributed by atoms with Crippen LogP contribution >= 0.6 is 0 Å². The molecule has 0 radical (unpaired) electrons. The van der Waals surface area contributed by atoms with Crippen LogP contribution < -0.4 is 5.32 Å². The highest BCUT2D eigenvalue weighted by Gasteiger charge is 2.37. The smallest absolute Gasteiger partial charge is 0.222 e. The SMILES string of the molecule is CCCN(CCC)C(=O)CCCC(=O)NCC1(N(C)C)CCCC(C)C1. The van der Waals surface area contributed by atoms with Crippen LogP contribution in [0.5, 0.6) is 0 Å². The van der Waals surface area contributed by atoms with E-state index in [-0.39, 0.29) is 17.4 Å². The lowest BCUT2D eigenvalue weighted by Gasteiger charge is -2.45. The summed E-state index contributed by atoms with van der Waals surface area (Å²) in [5.41, 5.74) is 0.0855. The van der Waals surface area contributed by atoms with Crippen molar-refractivity contribution in [2.75, 3.05) is 33.7 Å². The molecule has 1 saturated carbocycles. The van der Waals surface area contributed by atoms with Crippen molar-refractivity contribution in [1.82, 2.24) is 15.1 Å². The van der Waals surface area contributed by atoms with Crippen LogP contribution in [-0.2, 0) is 9.59 Å². The lowest BCUT2D eigenvalue weighted by molar-refractivity contribution is -0.131. The molecule has 0 aliphatic heterocycles. The van der Waals surface area contributed by atoms with E-state index in [1.807, 2.05) is 4.90 Å². The Morgan fingerprint density at radius 1 is 1.12 bits per heavy atom. The molecule has 152 valence electrons. The third-order valence-electron chi connectivity index (χ3n) is 5.77. The zero-order valence-corrected chi connectivity index (χ0v) is 17.8. The number of likely N-dealkylation sites (N-methyl/N-ethyl adjacent to an activating group) is 1. The van der Waals surface area contributed by atoms with Crippen LogP contribution in [0, 0.1) is 5.92 Å². The number of nitrogens with zero attached hydrogens (tertiary/aromatic N) is 2. The minimum Gasteiger partial charge on any atom is -0.354 e. The Kier molecular flexibility index (Phi) is 10.2. The molecule has 1 rings (SSSR count). The number of amides is 2. The first kappa shape index (κ1) is 22.9. The van der Waals surface area contributed by atoms with Gasteiger partial charge in [0.05, 0.1) is 0 Å². The summed E-state index contributed by atoms with van der Waals surface area (Å²) in [6.07, 6.45) is 8.33. The Labute approximate surface area is 160 Å². The molecule has 1 aliphatic carbocycles. The lowest BCUT2D eigenvalue weighted by atomic mass is 9.75. The van der Waals surface area contributed by atoms with Crippen molar-refractivity contribution < 1.29 is 9.59 Å². The molecule has 0 bridgehead atoms. The van der Waals surface area contributed by atoms with E-state index in [0.717, 1.165) is 45.3 Å². The largest absolute Gasteiger partial charge is 0.354 e. The number of hydrogen-bond acceptors (Lipinski definition) is 3. The first-order valence-electron chi connectivity index (χ1n) is 10.6. The summed E-state index contributed by atoms with van der Waals surface area (Å²) in [6, 6.07) is 0. The summed E-state index contributed by atoms with van der Waals surface area (Å²) in [4.78, 5) is 28.8. The molecule has 0 aromatic carbocycles. The van der Waals surface area contributed by atoms with Gasteiger partial charge in [-0.25, -0.2) is 0 Å². The molecule has 1 fully saturated rings. The van der Waals surface area contributed by atoms with E-state index in [2.05, 4.69) is 45.1 Å². The highest BCUT2D eigenvalue weighted by atomic mass is 16.2. The summed E-state index contributed by atoms with van der Waals surface area (Å²) in [5, 5.41) is 3.14. The Balaban J connectivity index is 2.38. The Morgan fingerprint density at radius 2 is 1.77 bits per heavy atom. The van der Waals surface area contributed by atoms with Gasteiger partial charge >= 0.3 is 0 Å². The Morgan fingerprint density at radius 3 is 2.31 bits per heavy atom. The van der Waals surface area contributed by atoms with E-state index in [0.29, 0.717) is 25.2 Å². The molecule has 0 heterocycles. The van der Waals surface area contributed by atoms with Gasteiger partial charge in [-0.3, -0.25) is 9.59 Å². The van der Waals surface area contributed by atoms with Crippen molar-refractivity contribution in [2.24, 2.45) is 5.92 Å². The fourth-order valence-corrected chi connectivity index (χ4v) is 4.17. The second-order valence-corrected chi connectivity index (χ2v) is 8.33. The summed E-state index contributed by atoms with van der Waals surface area (Å²) >= 11 is 0. The molecule has 5 heteroatoms. The Hall–Kier alpha value is -1.10. The third kappa shape index (κ3) is 7.26. The van der Waals surface area contributed by atoms with Crippen LogP contribution in [0.3, 0.4) is 0 Å². The van der Waals surface area contributed by atoms with Crippen molar-refractivity contribution in [2.45, 2.75) is 84.1 Å². The molecule has 5 nitrogen and oxygen atoms in total. The number of hydrogen-bond donors (Lipinski definition) is 1. The van der Waals surface area contributed by atoms with E-state index in [4.69, 9.17) is 0 Å². The molecule has 2 amide bonds. The van der Waals surface area contributed by atoms with Gasteiger partial charge in [0.1, 0.15) is 0 Å². The monoisotopic (exact) mass is 367 g/mol. The third-order valence-corrected chi connectivity index (χ3v) is 5.77. The van der Waals surface area contributed by atoms with Crippen molar-refractivity contribution in [3.05, 3.63) is 0 Å². The van der Waals surface area contributed by atoms with Crippen LogP contribution in [0.2, 0.25) is 0 Å². The summed E-state index contributed by atoms with van der Waals surface area (Å²) in [7, 11) is 4.25. The number of nitrogens with one attached hydrogen (secondary N) is 1. The molecule has 1 aliphatic rings. The zero-order chi connectivity index (χ0) is 19.6. The predicted octanol–water partition coefficient (Wildman–Crippen LogP) is 3.43. The fraction of sp³-hybridized carbons (Fsp3) is 0.905. The summed E-state index contributed by atoms with van der Waals surface area (Å²) in [5.74, 6) is 0.978. The number of carbonyl (C=O) groups is 2. The first-order chi connectivity index (χ1) is 12.3. The second-order valence-electron chi connectivity index (χ2n) is 8.33.